The third kappa shape index (κ3) is 1.97. The van der Waals surface area contributed by atoms with Gasteiger partial charge in [0.1, 0.15) is 0 Å². The van der Waals surface area contributed by atoms with Gasteiger partial charge in [0.25, 0.3) is 0 Å². The first-order chi connectivity index (χ1) is 2.89. The standard InChI is InChI=1S/C5H6O.Nb/c6-5-3-1-2-4-5;/h1-3,6H,4H2;. The van der Waals surface area contributed by atoms with Gasteiger partial charge < -0.3 is 5.11 Å². The summed E-state index contributed by atoms with van der Waals surface area (Å²) in [5, 5.41) is 8.53. The number of aliphatic hydroxyl groups is 1. The fourth-order valence-corrected chi connectivity index (χ4v) is 0.436. The van der Waals surface area contributed by atoms with Crippen LogP contribution in [0.25, 0.3) is 0 Å². The minimum Gasteiger partial charge on any atom is -0.512 e. The SMILES string of the molecule is OC1=CC=CC1.[Nb]. The van der Waals surface area contributed by atoms with E-state index in [9.17, 15) is 0 Å². The van der Waals surface area contributed by atoms with E-state index in [1.165, 1.54) is 0 Å². The molecule has 1 rings (SSSR count). The molecular formula is C5H6NbO. The van der Waals surface area contributed by atoms with Crippen molar-refractivity contribution in [3.63, 3.8) is 0 Å². The smallest absolute Gasteiger partial charge is 0.0960 e. The van der Waals surface area contributed by atoms with Crippen LogP contribution in [0, 0.1) is 0 Å². The number of rotatable bonds is 0. The maximum atomic E-state index is 8.53. The normalized spacial score (nSPS) is 15.7. The van der Waals surface area contributed by atoms with Gasteiger partial charge in [-0.25, -0.2) is 0 Å². The molecule has 0 fully saturated rings. The molecule has 1 N–H and O–H groups in total. The minimum absolute atomic E-state index is 0. The van der Waals surface area contributed by atoms with Crippen molar-refractivity contribution in [2.75, 3.05) is 0 Å². The molecule has 1 nitrogen and oxygen atoms in total. The summed E-state index contributed by atoms with van der Waals surface area (Å²) in [5.74, 6) is 0.468. The van der Waals surface area contributed by atoms with Crippen LogP contribution in [-0.4, -0.2) is 5.11 Å². The molecular weight excluding hydrogens is 169 g/mol. The van der Waals surface area contributed by atoms with E-state index in [2.05, 4.69) is 0 Å². The Balaban J connectivity index is 0.000000360. The predicted octanol–water partition coefficient (Wildman–Crippen LogP) is 1.39. The zero-order chi connectivity index (χ0) is 4.41. The Bertz CT molecular complexity index is 105. The van der Waals surface area contributed by atoms with Crippen LogP contribution in [0.4, 0.5) is 0 Å². The topological polar surface area (TPSA) is 20.2 Å². The summed E-state index contributed by atoms with van der Waals surface area (Å²) in [7, 11) is 0. The Morgan fingerprint density at radius 3 is 2.43 bits per heavy atom. The molecule has 0 aromatic carbocycles. The number of hydrogen-bond acceptors (Lipinski definition) is 1. The van der Waals surface area contributed by atoms with Crippen LogP contribution in [0.3, 0.4) is 0 Å². The molecule has 1 radical (unpaired) electrons. The van der Waals surface area contributed by atoms with Crippen molar-refractivity contribution in [2.24, 2.45) is 0 Å². The van der Waals surface area contributed by atoms with E-state index >= 15 is 0 Å². The molecule has 0 spiro atoms. The van der Waals surface area contributed by atoms with Gasteiger partial charge in [0, 0.05) is 28.8 Å². The molecule has 0 aromatic rings. The minimum atomic E-state index is 0. The van der Waals surface area contributed by atoms with Crippen LogP contribution in [-0.2, 0) is 22.4 Å². The van der Waals surface area contributed by atoms with Gasteiger partial charge in [0.15, 0.2) is 0 Å². The van der Waals surface area contributed by atoms with E-state index in [4.69, 9.17) is 5.11 Å². The Kier molecular flexibility index (Phi) is 3.09. The van der Waals surface area contributed by atoms with E-state index in [1.54, 1.807) is 6.08 Å². The monoisotopic (exact) mass is 175 g/mol. The molecule has 0 atom stereocenters. The second kappa shape index (κ2) is 3.08. The summed E-state index contributed by atoms with van der Waals surface area (Å²) in [6.07, 6.45) is 6.17. The van der Waals surface area contributed by atoms with Crippen molar-refractivity contribution in [1.29, 1.82) is 0 Å². The zero-order valence-corrected chi connectivity index (χ0v) is 6.03. The van der Waals surface area contributed by atoms with E-state index in [1.807, 2.05) is 12.2 Å². The average Bonchev–Trinajstić information content (AvgIpc) is 1.86. The quantitative estimate of drug-likeness (QED) is 0.551. The van der Waals surface area contributed by atoms with Crippen LogP contribution in [0.15, 0.2) is 24.0 Å². The van der Waals surface area contributed by atoms with Gasteiger partial charge in [-0.2, -0.15) is 0 Å². The Labute approximate surface area is 58.2 Å². The van der Waals surface area contributed by atoms with Crippen LogP contribution in [0.1, 0.15) is 6.42 Å². The Hall–Kier alpha value is 0.0203. The summed E-state index contributed by atoms with van der Waals surface area (Å²) >= 11 is 0. The van der Waals surface area contributed by atoms with Crippen LogP contribution >= 0.6 is 0 Å². The van der Waals surface area contributed by atoms with Gasteiger partial charge in [-0.1, -0.05) is 12.2 Å². The first-order valence-corrected chi connectivity index (χ1v) is 1.94. The maximum Gasteiger partial charge on any atom is 0.0960 e. The Morgan fingerprint density at radius 2 is 2.29 bits per heavy atom. The number of hydrogen-bond donors (Lipinski definition) is 1. The largest absolute Gasteiger partial charge is 0.512 e. The summed E-state index contributed by atoms with van der Waals surface area (Å²) in [5.41, 5.74) is 0. The van der Waals surface area contributed by atoms with Crippen LogP contribution in [0.2, 0.25) is 0 Å². The fraction of sp³-hybridized carbons (Fsp3) is 0.200. The van der Waals surface area contributed by atoms with E-state index < -0.39 is 0 Å². The second-order valence-corrected chi connectivity index (χ2v) is 1.29. The fourth-order valence-electron chi connectivity index (χ4n) is 0.436. The molecule has 1 aliphatic carbocycles. The average molecular weight is 175 g/mol. The van der Waals surface area contributed by atoms with E-state index in [-0.39, 0.29) is 22.4 Å². The summed E-state index contributed by atoms with van der Waals surface area (Å²) in [4.78, 5) is 0. The third-order valence-corrected chi connectivity index (χ3v) is 0.752. The summed E-state index contributed by atoms with van der Waals surface area (Å²) < 4.78 is 0. The van der Waals surface area contributed by atoms with Gasteiger partial charge >= 0.3 is 0 Å². The number of allylic oxidation sites excluding steroid dienone is 3. The molecule has 0 amide bonds. The van der Waals surface area contributed by atoms with Crippen molar-refractivity contribution in [1.82, 2.24) is 0 Å². The molecule has 0 aliphatic heterocycles. The molecule has 37 valence electrons. The van der Waals surface area contributed by atoms with E-state index in [0.29, 0.717) is 5.76 Å². The summed E-state index contributed by atoms with van der Waals surface area (Å²) in [6, 6.07) is 0. The van der Waals surface area contributed by atoms with Gasteiger partial charge in [-0.3, -0.25) is 0 Å². The van der Waals surface area contributed by atoms with Crippen molar-refractivity contribution in [3.8, 4) is 0 Å². The van der Waals surface area contributed by atoms with Crippen LogP contribution < -0.4 is 0 Å². The second-order valence-electron chi connectivity index (χ2n) is 1.29. The molecule has 0 bridgehead atoms. The van der Waals surface area contributed by atoms with Gasteiger partial charge in [0.2, 0.25) is 0 Å². The zero-order valence-electron chi connectivity index (χ0n) is 3.83. The van der Waals surface area contributed by atoms with Gasteiger partial charge in [0.05, 0.1) is 5.76 Å². The molecule has 0 aromatic heterocycles. The first kappa shape index (κ1) is 7.02. The van der Waals surface area contributed by atoms with Gasteiger partial charge in [-0.15, -0.1) is 0 Å². The molecule has 2 heteroatoms. The Morgan fingerprint density at radius 1 is 1.57 bits per heavy atom. The third-order valence-electron chi connectivity index (χ3n) is 0.752. The molecule has 0 saturated heterocycles. The van der Waals surface area contributed by atoms with Crippen molar-refractivity contribution in [3.05, 3.63) is 24.0 Å². The molecule has 0 saturated carbocycles. The van der Waals surface area contributed by atoms with Gasteiger partial charge in [-0.05, 0) is 6.08 Å². The van der Waals surface area contributed by atoms with Crippen molar-refractivity contribution < 1.29 is 27.5 Å². The first-order valence-electron chi connectivity index (χ1n) is 1.94. The maximum absolute atomic E-state index is 8.53. The molecule has 0 heterocycles. The predicted molar refractivity (Wildman–Crippen MR) is 24.5 cm³/mol. The van der Waals surface area contributed by atoms with Crippen molar-refractivity contribution in [2.45, 2.75) is 6.42 Å². The van der Waals surface area contributed by atoms with Crippen molar-refractivity contribution >= 4 is 0 Å². The molecule has 7 heavy (non-hydrogen) atoms. The van der Waals surface area contributed by atoms with Crippen LogP contribution in [0.5, 0.6) is 0 Å². The molecule has 1 aliphatic rings. The summed E-state index contributed by atoms with van der Waals surface area (Å²) in [6.45, 7) is 0. The van der Waals surface area contributed by atoms with E-state index in [0.717, 1.165) is 6.42 Å². The molecule has 0 unspecified atom stereocenters. The number of aliphatic hydroxyl groups excluding tert-OH is 1.